The van der Waals surface area contributed by atoms with E-state index >= 15 is 0 Å². The molecule has 1 rings (SSSR count). The van der Waals surface area contributed by atoms with Crippen LogP contribution < -0.4 is 4.74 Å². The molecule has 96 valence electrons. The lowest BCUT2D eigenvalue weighted by atomic mass is 10.1. The summed E-state index contributed by atoms with van der Waals surface area (Å²) in [4.78, 5) is 0. The molecule has 0 atom stereocenters. The normalized spacial score (nSPS) is 11.7. The van der Waals surface area contributed by atoms with Crippen molar-refractivity contribution in [2.45, 2.75) is 6.92 Å². The summed E-state index contributed by atoms with van der Waals surface area (Å²) >= 11 is 0. The van der Waals surface area contributed by atoms with Crippen molar-refractivity contribution in [3.05, 3.63) is 29.8 Å². The Bertz CT molecular complexity index is 587. The van der Waals surface area contributed by atoms with Crippen molar-refractivity contribution in [3.8, 4) is 11.8 Å². The Morgan fingerprint density at radius 2 is 2.11 bits per heavy atom. The van der Waals surface area contributed by atoms with Gasteiger partial charge in [-0.2, -0.15) is 13.7 Å². The maximum Gasteiger partial charge on any atom is 0.328 e. The number of hydrogen-bond acceptors (Lipinski definition) is 6. The molecule has 0 amide bonds. The minimum absolute atomic E-state index is 0.163. The van der Waals surface area contributed by atoms with Crippen molar-refractivity contribution in [3.63, 3.8) is 0 Å². The SMILES string of the molecule is CCS(=O)(=O)ON=C(C#N)c1ccccc1OC. The summed E-state index contributed by atoms with van der Waals surface area (Å²) in [6.45, 7) is 1.42. The van der Waals surface area contributed by atoms with Crippen molar-refractivity contribution < 1.29 is 17.4 Å². The van der Waals surface area contributed by atoms with Crippen molar-refractivity contribution in [1.29, 1.82) is 5.26 Å². The van der Waals surface area contributed by atoms with Crippen LogP contribution in [0.25, 0.3) is 0 Å². The quantitative estimate of drug-likeness (QED) is 0.593. The number of benzene rings is 1. The fraction of sp³-hybridized carbons (Fsp3) is 0.273. The maximum absolute atomic E-state index is 11.1. The third-order valence-electron chi connectivity index (χ3n) is 2.06. The Balaban J connectivity index is 3.12. The van der Waals surface area contributed by atoms with Gasteiger partial charge in [-0.05, 0) is 19.1 Å². The van der Waals surface area contributed by atoms with E-state index in [-0.39, 0.29) is 11.5 Å². The second-order valence-corrected chi connectivity index (χ2v) is 5.01. The number of nitriles is 1. The number of methoxy groups -OCH3 is 1. The molecular formula is C11H12N2O4S. The van der Waals surface area contributed by atoms with E-state index in [4.69, 9.17) is 10.00 Å². The van der Waals surface area contributed by atoms with Crippen LogP contribution in [0.3, 0.4) is 0 Å². The van der Waals surface area contributed by atoms with Crippen LogP contribution in [0.1, 0.15) is 12.5 Å². The molecule has 0 aliphatic heterocycles. The van der Waals surface area contributed by atoms with E-state index in [1.54, 1.807) is 30.3 Å². The summed E-state index contributed by atoms with van der Waals surface area (Å²) in [7, 11) is -2.29. The highest BCUT2D eigenvalue weighted by Gasteiger charge is 2.12. The summed E-state index contributed by atoms with van der Waals surface area (Å²) in [5.41, 5.74) is 0.207. The molecule has 0 saturated heterocycles. The number of para-hydroxylation sites is 1. The topological polar surface area (TPSA) is 88.8 Å². The van der Waals surface area contributed by atoms with Gasteiger partial charge in [-0.3, -0.25) is 4.28 Å². The van der Waals surface area contributed by atoms with Crippen molar-refractivity contribution in [2.24, 2.45) is 5.16 Å². The highest BCUT2D eigenvalue weighted by molar-refractivity contribution is 7.86. The monoisotopic (exact) mass is 268 g/mol. The van der Waals surface area contributed by atoms with Gasteiger partial charge in [0, 0.05) is 0 Å². The summed E-state index contributed by atoms with van der Waals surface area (Å²) in [6.07, 6.45) is 0. The Kier molecular flexibility index (Phi) is 4.68. The fourth-order valence-corrected chi connectivity index (χ4v) is 1.41. The Labute approximate surface area is 106 Å². The van der Waals surface area contributed by atoms with Crippen LogP contribution in [-0.4, -0.2) is 27.0 Å². The lowest BCUT2D eigenvalue weighted by Gasteiger charge is -2.05. The third-order valence-corrected chi connectivity index (χ3v) is 3.07. The van der Waals surface area contributed by atoms with Crippen LogP contribution in [0.4, 0.5) is 0 Å². The number of nitrogens with zero attached hydrogens (tertiary/aromatic N) is 2. The first-order chi connectivity index (χ1) is 8.54. The molecule has 0 fully saturated rings. The van der Waals surface area contributed by atoms with Crippen LogP contribution in [0, 0.1) is 11.3 Å². The molecule has 0 aliphatic rings. The second-order valence-electron chi connectivity index (χ2n) is 3.17. The highest BCUT2D eigenvalue weighted by atomic mass is 32.2. The molecule has 0 N–H and O–H groups in total. The number of hydrogen-bond donors (Lipinski definition) is 0. The van der Waals surface area contributed by atoms with E-state index in [9.17, 15) is 8.42 Å². The van der Waals surface area contributed by atoms with Gasteiger partial charge in [-0.1, -0.05) is 17.3 Å². The van der Waals surface area contributed by atoms with Gasteiger partial charge in [0.2, 0.25) is 0 Å². The zero-order valence-electron chi connectivity index (χ0n) is 9.95. The first-order valence-electron chi connectivity index (χ1n) is 5.07. The van der Waals surface area contributed by atoms with Crippen LogP contribution in [0.2, 0.25) is 0 Å². The molecule has 0 spiro atoms. The smallest absolute Gasteiger partial charge is 0.328 e. The summed E-state index contributed by atoms with van der Waals surface area (Å²) in [5, 5.41) is 12.3. The van der Waals surface area contributed by atoms with Crippen LogP contribution >= 0.6 is 0 Å². The van der Waals surface area contributed by atoms with Gasteiger partial charge in [0.05, 0.1) is 18.4 Å². The largest absolute Gasteiger partial charge is 0.496 e. The van der Waals surface area contributed by atoms with Gasteiger partial charge in [0.15, 0.2) is 5.71 Å². The molecule has 6 nitrogen and oxygen atoms in total. The molecule has 0 saturated carbocycles. The summed E-state index contributed by atoms with van der Waals surface area (Å²) < 4.78 is 31.7. The predicted molar refractivity (Wildman–Crippen MR) is 65.7 cm³/mol. The van der Waals surface area contributed by atoms with Gasteiger partial charge in [-0.15, -0.1) is 0 Å². The average molecular weight is 268 g/mol. The van der Waals surface area contributed by atoms with Crippen molar-refractivity contribution in [1.82, 2.24) is 0 Å². The van der Waals surface area contributed by atoms with E-state index < -0.39 is 10.1 Å². The van der Waals surface area contributed by atoms with Crippen LogP contribution in [0.5, 0.6) is 5.75 Å². The standard InChI is InChI=1S/C11H12N2O4S/c1-3-18(14,15)17-13-10(8-12)9-6-4-5-7-11(9)16-2/h4-7H,3H2,1-2H3. The molecule has 0 unspecified atom stereocenters. The van der Waals surface area contributed by atoms with E-state index in [2.05, 4.69) is 9.44 Å². The Morgan fingerprint density at radius 3 is 2.67 bits per heavy atom. The maximum atomic E-state index is 11.1. The molecule has 0 aromatic heterocycles. The molecule has 0 heterocycles. The van der Waals surface area contributed by atoms with Gasteiger partial charge < -0.3 is 4.74 Å². The van der Waals surface area contributed by atoms with Gasteiger partial charge >= 0.3 is 10.1 Å². The number of oxime groups is 1. The molecule has 7 heteroatoms. The van der Waals surface area contributed by atoms with E-state index in [1.807, 2.05) is 0 Å². The predicted octanol–water partition coefficient (Wildman–Crippen LogP) is 1.29. The first-order valence-corrected chi connectivity index (χ1v) is 6.64. The molecule has 0 radical (unpaired) electrons. The molecule has 1 aromatic carbocycles. The second kappa shape index (κ2) is 6.02. The first kappa shape index (κ1) is 14.0. The van der Waals surface area contributed by atoms with Crippen molar-refractivity contribution >= 4 is 15.8 Å². The lowest BCUT2D eigenvalue weighted by Crippen LogP contribution is -2.08. The Hall–Kier alpha value is -2.07. The molecule has 0 aliphatic carbocycles. The van der Waals surface area contributed by atoms with E-state index in [0.717, 1.165) is 0 Å². The zero-order valence-corrected chi connectivity index (χ0v) is 10.8. The van der Waals surface area contributed by atoms with E-state index in [1.165, 1.54) is 14.0 Å². The minimum Gasteiger partial charge on any atom is -0.496 e. The van der Waals surface area contributed by atoms with Gasteiger partial charge in [0.25, 0.3) is 0 Å². The van der Waals surface area contributed by atoms with Crippen LogP contribution in [-0.2, 0) is 14.4 Å². The minimum atomic E-state index is -3.73. The molecule has 0 bridgehead atoms. The number of rotatable bonds is 5. The molecule has 18 heavy (non-hydrogen) atoms. The lowest BCUT2D eigenvalue weighted by molar-refractivity contribution is 0.340. The Morgan fingerprint density at radius 1 is 1.44 bits per heavy atom. The van der Waals surface area contributed by atoms with Gasteiger partial charge in [0.1, 0.15) is 11.8 Å². The molecular weight excluding hydrogens is 256 g/mol. The fourth-order valence-electron chi connectivity index (χ4n) is 1.12. The third kappa shape index (κ3) is 3.46. The summed E-state index contributed by atoms with van der Waals surface area (Å²) in [6, 6.07) is 8.39. The molecule has 1 aromatic rings. The van der Waals surface area contributed by atoms with E-state index in [0.29, 0.717) is 11.3 Å². The summed E-state index contributed by atoms with van der Waals surface area (Å²) in [5.74, 6) is 0.191. The van der Waals surface area contributed by atoms with Gasteiger partial charge in [-0.25, -0.2) is 0 Å². The van der Waals surface area contributed by atoms with Crippen molar-refractivity contribution in [2.75, 3.05) is 12.9 Å². The number of ether oxygens (including phenoxy) is 1. The highest BCUT2D eigenvalue weighted by Crippen LogP contribution is 2.18. The van der Waals surface area contributed by atoms with Crippen LogP contribution in [0.15, 0.2) is 29.4 Å². The average Bonchev–Trinajstić information content (AvgIpc) is 2.40. The zero-order chi connectivity index (χ0) is 13.6.